The van der Waals surface area contributed by atoms with Crippen molar-refractivity contribution in [2.75, 3.05) is 0 Å². The monoisotopic (exact) mass is 218 g/mol. The van der Waals surface area contributed by atoms with E-state index in [0.29, 0.717) is 5.17 Å². The highest BCUT2D eigenvalue weighted by Crippen LogP contribution is 2.18. The standard InChI is InChI=1S/C12H11ClN2/c13-12(10-6-8-14-9-7-10)15-11-4-2-1-3-5-11/h1-6,8-10H,7H2. The molecule has 0 radical (unpaired) electrons. The highest BCUT2D eigenvalue weighted by atomic mass is 35.5. The van der Waals surface area contributed by atoms with Gasteiger partial charge < -0.3 is 0 Å². The van der Waals surface area contributed by atoms with Gasteiger partial charge in [-0.3, -0.25) is 4.99 Å². The van der Waals surface area contributed by atoms with E-state index in [1.165, 1.54) is 0 Å². The molecule has 76 valence electrons. The fraction of sp³-hybridized carbons (Fsp3) is 0.167. The van der Waals surface area contributed by atoms with Crippen LogP contribution in [0.15, 0.2) is 52.6 Å². The maximum Gasteiger partial charge on any atom is 0.114 e. The normalized spacial score (nSPS) is 20.6. The van der Waals surface area contributed by atoms with E-state index in [2.05, 4.69) is 9.98 Å². The second-order valence-corrected chi connectivity index (χ2v) is 3.67. The number of halogens is 1. The lowest BCUT2D eigenvalue weighted by Gasteiger charge is -2.09. The molecule has 0 saturated heterocycles. The molecule has 1 heterocycles. The third-order valence-electron chi connectivity index (χ3n) is 2.17. The summed E-state index contributed by atoms with van der Waals surface area (Å²) in [6.07, 6.45) is 6.41. The highest BCUT2D eigenvalue weighted by Gasteiger charge is 2.11. The summed E-state index contributed by atoms with van der Waals surface area (Å²) in [5.41, 5.74) is 0.887. The van der Waals surface area contributed by atoms with E-state index in [1.54, 1.807) is 6.20 Å². The van der Waals surface area contributed by atoms with E-state index in [1.807, 2.05) is 42.6 Å². The van der Waals surface area contributed by atoms with Crippen LogP contribution in [0.1, 0.15) is 6.42 Å². The van der Waals surface area contributed by atoms with Gasteiger partial charge in [0.25, 0.3) is 0 Å². The molecule has 0 bridgehead atoms. The Morgan fingerprint density at radius 1 is 1.33 bits per heavy atom. The Balaban J connectivity index is 2.14. The fourth-order valence-corrected chi connectivity index (χ4v) is 1.61. The molecule has 0 spiro atoms. The number of benzene rings is 1. The number of allylic oxidation sites excluding steroid dienone is 1. The van der Waals surface area contributed by atoms with Gasteiger partial charge in [-0.2, -0.15) is 0 Å². The minimum Gasteiger partial charge on any atom is -0.269 e. The van der Waals surface area contributed by atoms with Crippen molar-refractivity contribution in [3.63, 3.8) is 0 Å². The first-order chi connectivity index (χ1) is 7.36. The van der Waals surface area contributed by atoms with Gasteiger partial charge >= 0.3 is 0 Å². The minimum atomic E-state index is 0.171. The van der Waals surface area contributed by atoms with Crippen molar-refractivity contribution >= 4 is 28.7 Å². The van der Waals surface area contributed by atoms with E-state index in [-0.39, 0.29) is 5.92 Å². The van der Waals surface area contributed by atoms with Crippen LogP contribution in [0.4, 0.5) is 5.69 Å². The molecule has 1 aliphatic heterocycles. The molecule has 2 rings (SSSR count). The highest BCUT2D eigenvalue weighted by molar-refractivity contribution is 6.66. The number of nitrogens with zero attached hydrogens (tertiary/aromatic N) is 2. The van der Waals surface area contributed by atoms with Crippen LogP contribution < -0.4 is 0 Å². The topological polar surface area (TPSA) is 24.7 Å². The van der Waals surface area contributed by atoms with Crippen LogP contribution in [0.3, 0.4) is 0 Å². The first kappa shape index (κ1) is 10.1. The van der Waals surface area contributed by atoms with Crippen molar-refractivity contribution in [2.45, 2.75) is 6.42 Å². The van der Waals surface area contributed by atoms with Crippen molar-refractivity contribution in [2.24, 2.45) is 15.9 Å². The van der Waals surface area contributed by atoms with E-state index in [9.17, 15) is 0 Å². The van der Waals surface area contributed by atoms with Crippen molar-refractivity contribution in [1.29, 1.82) is 0 Å². The third-order valence-corrected chi connectivity index (χ3v) is 2.53. The molecule has 0 N–H and O–H groups in total. The van der Waals surface area contributed by atoms with Gasteiger partial charge in [-0.1, -0.05) is 35.9 Å². The third kappa shape index (κ3) is 2.77. The average Bonchev–Trinajstić information content (AvgIpc) is 2.31. The van der Waals surface area contributed by atoms with Crippen molar-refractivity contribution < 1.29 is 0 Å². The largest absolute Gasteiger partial charge is 0.269 e. The van der Waals surface area contributed by atoms with Gasteiger partial charge in [0.05, 0.1) is 5.69 Å². The Morgan fingerprint density at radius 2 is 2.13 bits per heavy atom. The summed E-state index contributed by atoms with van der Waals surface area (Å²) < 4.78 is 0. The maximum atomic E-state index is 6.13. The molecule has 0 fully saturated rings. The molecule has 1 unspecified atom stereocenters. The summed E-state index contributed by atoms with van der Waals surface area (Å²) in [4.78, 5) is 8.35. The SMILES string of the molecule is ClC(=Nc1ccccc1)C1C=CN=CC1. The Hall–Kier alpha value is -1.41. The zero-order chi connectivity index (χ0) is 10.5. The molecular weight excluding hydrogens is 208 g/mol. The predicted molar refractivity (Wildman–Crippen MR) is 65.1 cm³/mol. The van der Waals surface area contributed by atoms with Crippen LogP contribution in [0, 0.1) is 5.92 Å². The summed E-state index contributed by atoms with van der Waals surface area (Å²) >= 11 is 6.13. The van der Waals surface area contributed by atoms with E-state index in [0.717, 1.165) is 12.1 Å². The Labute approximate surface area is 94.0 Å². The van der Waals surface area contributed by atoms with Gasteiger partial charge in [0.2, 0.25) is 0 Å². The molecule has 0 saturated carbocycles. The quantitative estimate of drug-likeness (QED) is 0.679. The molecular formula is C12H11ClN2. The lowest BCUT2D eigenvalue weighted by Crippen LogP contribution is -2.08. The van der Waals surface area contributed by atoms with E-state index < -0.39 is 0 Å². The van der Waals surface area contributed by atoms with Gasteiger partial charge in [0, 0.05) is 18.3 Å². The van der Waals surface area contributed by atoms with Crippen molar-refractivity contribution in [3.8, 4) is 0 Å². The molecule has 0 aromatic heterocycles. The van der Waals surface area contributed by atoms with Gasteiger partial charge in [-0.15, -0.1) is 0 Å². The van der Waals surface area contributed by atoms with E-state index in [4.69, 9.17) is 11.6 Å². The smallest absolute Gasteiger partial charge is 0.114 e. The molecule has 1 aliphatic rings. The first-order valence-electron chi connectivity index (χ1n) is 4.84. The molecule has 0 aliphatic carbocycles. The molecule has 2 nitrogen and oxygen atoms in total. The number of rotatable bonds is 2. The summed E-state index contributed by atoms with van der Waals surface area (Å²) in [5, 5.41) is 0.614. The zero-order valence-corrected chi connectivity index (χ0v) is 8.93. The first-order valence-corrected chi connectivity index (χ1v) is 5.21. The summed E-state index contributed by atoms with van der Waals surface area (Å²) in [5.74, 6) is 0.171. The van der Waals surface area contributed by atoms with E-state index >= 15 is 0 Å². The van der Waals surface area contributed by atoms with Gasteiger partial charge in [0.1, 0.15) is 5.17 Å². The molecule has 15 heavy (non-hydrogen) atoms. The summed E-state index contributed by atoms with van der Waals surface area (Å²) in [7, 11) is 0. The predicted octanol–water partition coefficient (Wildman–Crippen LogP) is 3.56. The molecule has 1 atom stereocenters. The van der Waals surface area contributed by atoms with Gasteiger partial charge in [-0.05, 0) is 18.6 Å². The summed E-state index contributed by atoms with van der Waals surface area (Å²) in [6.45, 7) is 0. The lowest BCUT2D eigenvalue weighted by molar-refractivity contribution is 0.919. The van der Waals surface area contributed by atoms with Gasteiger partial charge in [0.15, 0.2) is 0 Å². The van der Waals surface area contributed by atoms with Crippen molar-refractivity contribution in [3.05, 3.63) is 42.6 Å². The number of aliphatic imine (C=N–C) groups is 2. The second-order valence-electron chi connectivity index (χ2n) is 3.29. The Kier molecular flexibility index (Phi) is 3.30. The summed E-state index contributed by atoms with van der Waals surface area (Å²) in [6, 6.07) is 9.72. The second kappa shape index (κ2) is 4.89. The Bertz CT molecular complexity index is 407. The van der Waals surface area contributed by atoms with Crippen LogP contribution in [-0.2, 0) is 0 Å². The number of hydrogen-bond acceptors (Lipinski definition) is 2. The van der Waals surface area contributed by atoms with Crippen LogP contribution in [0.2, 0.25) is 0 Å². The zero-order valence-electron chi connectivity index (χ0n) is 8.18. The minimum absolute atomic E-state index is 0.171. The Morgan fingerprint density at radius 3 is 2.80 bits per heavy atom. The molecule has 1 aromatic rings. The lowest BCUT2D eigenvalue weighted by atomic mass is 10.1. The maximum absolute atomic E-state index is 6.13. The van der Waals surface area contributed by atoms with Gasteiger partial charge in [-0.25, -0.2) is 4.99 Å². The number of hydrogen-bond donors (Lipinski definition) is 0. The molecule has 0 amide bonds. The van der Waals surface area contributed by atoms with Crippen LogP contribution in [0.5, 0.6) is 0 Å². The fourth-order valence-electron chi connectivity index (χ4n) is 1.35. The number of para-hydroxylation sites is 1. The van der Waals surface area contributed by atoms with Crippen molar-refractivity contribution in [1.82, 2.24) is 0 Å². The van der Waals surface area contributed by atoms with Crippen LogP contribution in [0.25, 0.3) is 0 Å². The average molecular weight is 219 g/mol. The van der Waals surface area contributed by atoms with Crippen LogP contribution >= 0.6 is 11.6 Å². The molecule has 1 aromatic carbocycles. The molecule has 3 heteroatoms. The van der Waals surface area contributed by atoms with Crippen LogP contribution in [-0.4, -0.2) is 11.4 Å².